The zero-order chi connectivity index (χ0) is 20.3. The lowest BCUT2D eigenvalue weighted by molar-refractivity contribution is -0.385. The van der Waals surface area contributed by atoms with Gasteiger partial charge in [-0.1, -0.05) is 6.07 Å². The van der Waals surface area contributed by atoms with Crippen LogP contribution in [0.4, 0.5) is 20.6 Å². The first-order valence-electron chi connectivity index (χ1n) is 8.71. The highest BCUT2D eigenvalue weighted by molar-refractivity contribution is 5.95. The molecule has 2 aromatic rings. The average molecular weight is 386 g/mol. The molecule has 1 N–H and O–H groups in total. The standard InChI is InChI=1S/C19H19FN4O4/c1-13-2-3-14(12-17(13)24(27)28)18(25)22-8-10-23(11-9-22)19(26)21-16-6-4-15(20)5-7-16/h2-7,12H,8-11H2,1H3,(H,21,26). The molecule has 1 aliphatic rings. The van der Waals surface area contributed by atoms with E-state index in [9.17, 15) is 24.1 Å². The first kappa shape index (κ1) is 19.3. The smallest absolute Gasteiger partial charge is 0.321 e. The number of benzene rings is 2. The summed E-state index contributed by atoms with van der Waals surface area (Å²) in [6.45, 7) is 2.90. The number of halogens is 1. The normalized spacial score (nSPS) is 13.9. The molecule has 1 fully saturated rings. The summed E-state index contributed by atoms with van der Waals surface area (Å²) in [6.07, 6.45) is 0. The van der Waals surface area contributed by atoms with Gasteiger partial charge in [0.05, 0.1) is 4.92 Å². The predicted molar refractivity (Wildman–Crippen MR) is 101 cm³/mol. The fourth-order valence-electron chi connectivity index (χ4n) is 2.97. The molecule has 2 aromatic carbocycles. The van der Waals surface area contributed by atoms with Crippen LogP contribution in [0.15, 0.2) is 42.5 Å². The van der Waals surface area contributed by atoms with E-state index in [2.05, 4.69) is 5.32 Å². The molecule has 0 radical (unpaired) electrons. The molecule has 0 saturated carbocycles. The number of hydrogen-bond donors (Lipinski definition) is 1. The number of urea groups is 1. The van der Waals surface area contributed by atoms with E-state index in [0.29, 0.717) is 37.4 Å². The summed E-state index contributed by atoms with van der Waals surface area (Å²) in [7, 11) is 0. The second-order valence-electron chi connectivity index (χ2n) is 6.47. The Kier molecular flexibility index (Phi) is 5.53. The lowest BCUT2D eigenvalue weighted by Crippen LogP contribution is -2.51. The number of carbonyl (C=O) groups is 2. The van der Waals surface area contributed by atoms with Crippen LogP contribution in [0.3, 0.4) is 0 Å². The van der Waals surface area contributed by atoms with Crippen molar-refractivity contribution in [1.29, 1.82) is 0 Å². The topological polar surface area (TPSA) is 95.8 Å². The number of aryl methyl sites for hydroxylation is 1. The Bertz CT molecular complexity index is 909. The number of nitro benzene ring substituents is 1. The van der Waals surface area contributed by atoms with Gasteiger partial charge in [-0.3, -0.25) is 14.9 Å². The van der Waals surface area contributed by atoms with Gasteiger partial charge in [0.2, 0.25) is 0 Å². The van der Waals surface area contributed by atoms with Crippen molar-refractivity contribution in [2.75, 3.05) is 31.5 Å². The van der Waals surface area contributed by atoms with Gasteiger partial charge in [0.1, 0.15) is 5.82 Å². The van der Waals surface area contributed by atoms with Crippen molar-refractivity contribution in [1.82, 2.24) is 9.80 Å². The largest absolute Gasteiger partial charge is 0.335 e. The molecular formula is C19H19FN4O4. The van der Waals surface area contributed by atoms with Gasteiger partial charge < -0.3 is 15.1 Å². The number of amides is 3. The highest BCUT2D eigenvalue weighted by Crippen LogP contribution is 2.21. The third-order valence-electron chi connectivity index (χ3n) is 4.60. The summed E-state index contributed by atoms with van der Waals surface area (Å²) in [6, 6.07) is 9.53. The minimum Gasteiger partial charge on any atom is -0.335 e. The number of nitrogens with one attached hydrogen (secondary N) is 1. The van der Waals surface area contributed by atoms with Crippen molar-refractivity contribution in [2.24, 2.45) is 0 Å². The summed E-state index contributed by atoms with van der Waals surface area (Å²) in [5, 5.41) is 13.8. The lowest BCUT2D eigenvalue weighted by Gasteiger charge is -2.34. The minimum absolute atomic E-state index is 0.0943. The SMILES string of the molecule is Cc1ccc(C(=O)N2CCN(C(=O)Nc3ccc(F)cc3)CC2)cc1[N+](=O)[O-]. The van der Waals surface area contributed by atoms with E-state index in [-0.39, 0.29) is 29.0 Å². The van der Waals surface area contributed by atoms with Crippen molar-refractivity contribution >= 4 is 23.3 Å². The zero-order valence-corrected chi connectivity index (χ0v) is 15.2. The van der Waals surface area contributed by atoms with Crippen LogP contribution in [-0.4, -0.2) is 52.8 Å². The summed E-state index contributed by atoms with van der Waals surface area (Å²) in [5.41, 5.74) is 1.13. The Morgan fingerprint density at radius 3 is 2.25 bits per heavy atom. The van der Waals surface area contributed by atoms with Crippen molar-refractivity contribution < 1.29 is 18.9 Å². The minimum atomic E-state index is -0.510. The molecule has 0 aliphatic carbocycles. The first-order valence-corrected chi connectivity index (χ1v) is 8.71. The first-order chi connectivity index (χ1) is 13.3. The van der Waals surface area contributed by atoms with Crippen LogP contribution in [0, 0.1) is 22.9 Å². The molecule has 1 aliphatic heterocycles. The maximum atomic E-state index is 12.9. The quantitative estimate of drug-likeness (QED) is 0.648. The molecule has 9 heteroatoms. The number of nitrogens with zero attached hydrogens (tertiary/aromatic N) is 3. The number of carbonyl (C=O) groups excluding carboxylic acids is 2. The van der Waals surface area contributed by atoms with E-state index in [1.807, 2.05) is 0 Å². The monoisotopic (exact) mass is 386 g/mol. The van der Waals surface area contributed by atoms with Gasteiger partial charge in [-0.05, 0) is 37.3 Å². The summed E-state index contributed by atoms with van der Waals surface area (Å²) >= 11 is 0. The molecule has 28 heavy (non-hydrogen) atoms. The third kappa shape index (κ3) is 4.25. The molecule has 0 unspecified atom stereocenters. The van der Waals surface area contributed by atoms with Crippen LogP contribution in [0.2, 0.25) is 0 Å². The van der Waals surface area contributed by atoms with E-state index in [1.165, 1.54) is 30.3 Å². The second kappa shape index (κ2) is 8.03. The van der Waals surface area contributed by atoms with Gasteiger partial charge in [0.25, 0.3) is 11.6 Å². The average Bonchev–Trinajstić information content (AvgIpc) is 2.69. The molecule has 3 rings (SSSR count). The maximum Gasteiger partial charge on any atom is 0.321 e. The van der Waals surface area contributed by atoms with E-state index >= 15 is 0 Å². The fourth-order valence-corrected chi connectivity index (χ4v) is 2.97. The highest BCUT2D eigenvalue weighted by atomic mass is 19.1. The van der Waals surface area contributed by atoms with Gasteiger partial charge in [-0.2, -0.15) is 0 Å². The molecule has 3 amide bonds. The van der Waals surface area contributed by atoms with Crippen LogP contribution >= 0.6 is 0 Å². The molecule has 1 saturated heterocycles. The Hall–Kier alpha value is -3.49. The molecule has 0 spiro atoms. The van der Waals surface area contributed by atoms with Gasteiger partial charge in [0.15, 0.2) is 0 Å². The molecule has 146 valence electrons. The number of piperazine rings is 1. The van der Waals surface area contributed by atoms with Gasteiger partial charge >= 0.3 is 6.03 Å². The Morgan fingerprint density at radius 2 is 1.64 bits per heavy atom. The number of hydrogen-bond acceptors (Lipinski definition) is 4. The molecule has 0 atom stereocenters. The Morgan fingerprint density at radius 1 is 1.04 bits per heavy atom. The summed E-state index contributed by atoms with van der Waals surface area (Å²) in [5.74, 6) is -0.692. The van der Waals surface area contributed by atoms with E-state index < -0.39 is 4.92 Å². The van der Waals surface area contributed by atoms with E-state index in [1.54, 1.807) is 28.9 Å². The zero-order valence-electron chi connectivity index (χ0n) is 15.2. The van der Waals surface area contributed by atoms with Crippen molar-refractivity contribution in [3.63, 3.8) is 0 Å². The van der Waals surface area contributed by atoms with Crippen molar-refractivity contribution in [3.05, 3.63) is 69.5 Å². The van der Waals surface area contributed by atoms with Crippen LogP contribution in [0.1, 0.15) is 15.9 Å². The van der Waals surface area contributed by atoms with Gasteiger partial charge in [-0.15, -0.1) is 0 Å². The van der Waals surface area contributed by atoms with Crippen molar-refractivity contribution in [2.45, 2.75) is 6.92 Å². The van der Waals surface area contributed by atoms with Crippen LogP contribution < -0.4 is 5.32 Å². The highest BCUT2D eigenvalue weighted by Gasteiger charge is 2.26. The second-order valence-corrected chi connectivity index (χ2v) is 6.47. The third-order valence-corrected chi connectivity index (χ3v) is 4.60. The van der Waals surface area contributed by atoms with Crippen molar-refractivity contribution in [3.8, 4) is 0 Å². The Labute approximate surface area is 160 Å². The molecule has 1 heterocycles. The van der Waals surface area contributed by atoms with Gasteiger partial charge in [0, 0.05) is 49.1 Å². The van der Waals surface area contributed by atoms with Crippen LogP contribution in [0.5, 0.6) is 0 Å². The summed E-state index contributed by atoms with van der Waals surface area (Å²) < 4.78 is 12.9. The van der Waals surface area contributed by atoms with Crippen LogP contribution in [-0.2, 0) is 0 Å². The molecule has 0 aromatic heterocycles. The van der Waals surface area contributed by atoms with Gasteiger partial charge in [-0.25, -0.2) is 9.18 Å². The fraction of sp³-hybridized carbons (Fsp3) is 0.263. The maximum absolute atomic E-state index is 12.9. The molecule has 8 nitrogen and oxygen atoms in total. The molecule has 0 bridgehead atoms. The van der Waals surface area contributed by atoms with Crippen LogP contribution in [0.25, 0.3) is 0 Å². The number of anilines is 1. The molecular weight excluding hydrogens is 367 g/mol. The number of nitro groups is 1. The lowest BCUT2D eigenvalue weighted by atomic mass is 10.1. The predicted octanol–water partition coefficient (Wildman–Crippen LogP) is 3.03. The number of rotatable bonds is 3. The van der Waals surface area contributed by atoms with E-state index in [4.69, 9.17) is 0 Å². The summed E-state index contributed by atoms with van der Waals surface area (Å²) in [4.78, 5) is 38.6. The van der Waals surface area contributed by atoms with E-state index in [0.717, 1.165) is 0 Å². The Balaban J connectivity index is 1.59.